The molecule has 0 aliphatic carbocycles. The summed E-state index contributed by atoms with van der Waals surface area (Å²) in [6, 6.07) is 13.8. The van der Waals surface area contributed by atoms with Crippen molar-refractivity contribution >= 4 is 17.6 Å². The van der Waals surface area contributed by atoms with Crippen LogP contribution in [0.25, 0.3) is 0 Å². The highest BCUT2D eigenvalue weighted by Crippen LogP contribution is 2.27. The van der Waals surface area contributed by atoms with Crippen LogP contribution in [0.1, 0.15) is 16.7 Å². The van der Waals surface area contributed by atoms with Gasteiger partial charge in [-0.1, -0.05) is 23.4 Å². The Morgan fingerprint density at radius 3 is 2.76 bits per heavy atom. The second-order valence-corrected chi connectivity index (χ2v) is 5.64. The molecule has 21 heavy (non-hydrogen) atoms. The molecule has 3 N–H and O–H groups in total. The van der Waals surface area contributed by atoms with Crippen LogP contribution in [-0.2, 0) is 5.75 Å². The van der Waals surface area contributed by atoms with Crippen molar-refractivity contribution in [3.8, 4) is 5.75 Å². The number of thioether (sulfide) groups is 1. The van der Waals surface area contributed by atoms with Crippen LogP contribution in [0.3, 0.4) is 0 Å². The summed E-state index contributed by atoms with van der Waals surface area (Å²) >= 11 is 1.75. The van der Waals surface area contributed by atoms with Gasteiger partial charge in [-0.2, -0.15) is 0 Å². The Kier molecular flexibility index (Phi) is 5.11. The molecule has 0 aliphatic rings. The summed E-state index contributed by atoms with van der Waals surface area (Å²) in [5, 5.41) is 11.7. The minimum Gasteiger partial charge on any atom is -0.497 e. The Morgan fingerprint density at radius 2 is 2.10 bits per heavy atom. The first-order chi connectivity index (χ1) is 10.1. The van der Waals surface area contributed by atoms with E-state index in [4.69, 9.17) is 15.7 Å². The van der Waals surface area contributed by atoms with Crippen LogP contribution < -0.4 is 10.5 Å². The number of methoxy groups -OCH3 is 1. The average molecular weight is 302 g/mol. The molecule has 110 valence electrons. The third-order valence-corrected chi connectivity index (χ3v) is 4.22. The van der Waals surface area contributed by atoms with E-state index >= 15 is 0 Å². The minimum absolute atomic E-state index is 0.130. The van der Waals surface area contributed by atoms with Crippen LogP contribution in [0.15, 0.2) is 52.5 Å². The van der Waals surface area contributed by atoms with Gasteiger partial charge >= 0.3 is 0 Å². The van der Waals surface area contributed by atoms with E-state index in [0.29, 0.717) is 0 Å². The fraction of sp³-hybridized carbons (Fsp3) is 0.188. The lowest BCUT2D eigenvalue weighted by atomic mass is 10.1. The largest absolute Gasteiger partial charge is 0.497 e. The van der Waals surface area contributed by atoms with Crippen LogP contribution >= 0.6 is 11.8 Å². The van der Waals surface area contributed by atoms with Gasteiger partial charge in [-0.15, -0.1) is 11.8 Å². The average Bonchev–Trinajstić information content (AvgIpc) is 2.53. The van der Waals surface area contributed by atoms with E-state index in [1.54, 1.807) is 18.9 Å². The fourth-order valence-electron chi connectivity index (χ4n) is 1.93. The van der Waals surface area contributed by atoms with Crippen molar-refractivity contribution in [2.45, 2.75) is 17.6 Å². The number of amidine groups is 1. The fourth-order valence-corrected chi connectivity index (χ4v) is 2.95. The second kappa shape index (κ2) is 7.04. The molecule has 0 saturated heterocycles. The molecule has 0 unspecified atom stereocenters. The summed E-state index contributed by atoms with van der Waals surface area (Å²) in [6.07, 6.45) is 0. The highest BCUT2D eigenvalue weighted by molar-refractivity contribution is 7.98. The van der Waals surface area contributed by atoms with Crippen molar-refractivity contribution < 1.29 is 9.94 Å². The molecule has 0 heterocycles. The Bertz CT molecular complexity index is 656. The van der Waals surface area contributed by atoms with Gasteiger partial charge < -0.3 is 15.7 Å². The maximum Gasteiger partial charge on any atom is 0.170 e. The van der Waals surface area contributed by atoms with Crippen LogP contribution in [0.4, 0.5) is 0 Å². The van der Waals surface area contributed by atoms with E-state index in [1.807, 2.05) is 43.3 Å². The molecule has 0 spiro atoms. The number of nitrogens with two attached hydrogens (primary N) is 1. The van der Waals surface area contributed by atoms with Crippen molar-refractivity contribution in [3.05, 3.63) is 59.2 Å². The minimum atomic E-state index is 0.130. The second-order valence-electron chi connectivity index (χ2n) is 4.59. The van der Waals surface area contributed by atoms with Crippen molar-refractivity contribution in [2.75, 3.05) is 7.11 Å². The number of hydrogen-bond donors (Lipinski definition) is 2. The first-order valence-corrected chi connectivity index (χ1v) is 7.47. The van der Waals surface area contributed by atoms with Gasteiger partial charge in [-0.3, -0.25) is 0 Å². The summed E-state index contributed by atoms with van der Waals surface area (Å²) < 4.78 is 5.22. The SMILES string of the molecule is COc1cccc(SCc2ccc(/C(N)=N/O)cc2C)c1. The third-order valence-electron chi connectivity index (χ3n) is 3.18. The smallest absolute Gasteiger partial charge is 0.170 e. The molecule has 5 heteroatoms. The molecule has 2 rings (SSSR count). The number of aryl methyl sites for hydroxylation is 1. The van der Waals surface area contributed by atoms with Crippen molar-refractivity contribution in [3.63, 3.8) is 0 Å². The summed E-state index contributed by atoms with van der Waals surface area (Å²) in [5.74, 6) is 1.85. The van der Waals surface area contributed by atoms with Gasteiger partial charge in [0.1, 0.15) is 5.75 Å². The van der Waals surface area contributed by atoms with Crippen LogP contribution in [0, 0.1) is 6.92 Å². The number of oxime groups is 1. The van der Waals surface area contributed by atoms with Gasteiger partial charge in [0.15, 0.2) is 5.84 Å². The van der Waals surface area contributed by atoms with E-state index in [1.165, 1.54) is 5.56 Å². The molecular weight excluding hydrogens is 284 g/mol. The van der Waals surface area contributed by atoms with Gasteiger partial charge in [0.2, 0.25) is 0 Å². The maximum absolute atomic E-state index is 8.70. The number of nitrogens with zero attached hydrogens (tertiary/aromatic N) is 1. The van der Waals surface area contributed by atoms with E-state index < -0.39 is 0 Å². The van der Waals surface area contributed by atoms with Gasteiger partial charge in [0, 0.05) is 16.2 Å². The van der Waals surface area contributed by atoms with E-state index in [9.17, 15) is 0 Å². The molecule has 0 aromatic heterocycles. The molecule has 0 amide bonds. The van der Waals surface area contributed by atoms with E-state index in [2.05, 4.69) is 11.2 Å². The Hall–Kier alpha value is -2.14. The maximum atomic E-state index is 8.70. The predicted molar refractivity (Wildman–Crippen MR) is 86.2 cm³/mol. The highest BCUT2D eigenvalue weighted by atomic mass is 32.2. The van der Waals surface area contributed by atoms with Gasteiger partial charge in [-0.05, 0) is 42.3 Å². The number of benzene rings is 2. The van der Waals surface area contributed by atoms with Crippen molar-refractivity contribution in [2.24, 2.45) is 10.9 Å². The molecule has 0 saturated carbocycles. The molecule has 2 aromatic carbocycles. The zero-order valence-electron chi connectivity index (χ0n) is 12.0. The first kappa shape index (κ1) is 15.3. The molecule has 0 aliphatic heterocycles. The van der Waals surface area contributed by atoms with Crippen LogP contribution in [0.2, 0.25) is 0 Å². The lowest BCUT2D eigenvalue weighted by Crippen LogP contribution is -2.13. The molecule has 0 fully saturated rings. The van der Waals surface area contributed by atoms with Gasteiger partial charge in [0.25, 0.3) is 0 Å². The van der Waals surface area contributed by atoms with Crippen LogP contribution in [0.5, 0.6) is 5.75 Å². The molecule has 0 atom stereocenters. The van der Waals surface area contributed by atoms with Crippen molar-refractivity contribution in [1.29, 1.82) is 0 Å². The zero-order chi connectivity index (χ0) is 15.2. The quantitative estimate of drug-likeness (QED) is 0.292. The lowest BCUT2D eigenvalue weighted by molar-refractivity contribution is 0.318. The Morgan fingerprint density at radius 1 is 1.29 bits per heavy atom. The van der Waals surface area contributed by atoms with Gasteiger partial charge in [-0.25, -0.2) is 0 Å². The molecule has 0 bridgehead atoms. The summed E-state index contributed by atoms with van der Waals surface area (Å²) in [7, 11) is 1.67. The van der Waals surface area contributed by atoms with E-state index in [0.717, 1.165) is 27.5 Å². The molecule has 0 radical (unpaired) electrons. The van der Waals surface area contributed by atoms with Crippen molar-refractivity contribution in [1.82, 2.24) is 0 Å². The lowest BCUT2D eigenvalue weighted by Gasteiger charge is -2.08. The molecule has 4 nitrogen and oxygen atoms in total. The standard InChI is InChI=1S/C16H18N2O2S/c1-11-8-12(16(17)18-19)6-7-13(11)10-21-15-5-3-4-14(9-15)20-2/h3-9,19H,10H2,1-2H3,(H2,17,18). The number of hydrogen-bond acceptors (Lipinski definition) is 4. The Balaban J connectivity index is 2.09. The summed E-state index contributed by atoms with van der Waals surface area (Å²) in [5.41, 5.74) is 8.66. The monoisotopic (exact) mass is 302 g/mol. The summed E-state index contributed by atoms with van der Waals surface area (Å²) in [6.45, 7) is 2.02. The highest BCUT2D eigenvalue weighted by Gasteiger charge is 2.05. The zero-order valence-corrected chi connectivity index (χ0v) is 12.9. The van der Waals surface area contributed by atoms with Crippen LogP contribution in [-0.4, -0.2) is 18.2 Å². The molecular formula is C16H18N2O2S. The number of ether oxygens (including phenoxy) is 1. The summed E-state index contributed by atoms with van der Waals surface area (Å²) in [4.78, 5) is 1.16. The normalized spacial score (nSPS) is 11.4. The third kappa shape index (κ3) is 3.92. The topological polar surface area (TPSA) is 67.8 Å². The molecule has 2 aromatic rings. The Labute approximate surface area is 128 Å². The van der Waals surface area contributed by atoms with Gasteiger partial charge in [0.05, 0.1) is 7.11 Å². The predicted octanol–water partition coefficient (Wildman–Crippen LogP) is 3.39. The first-order valence-electron chi connectivity index (χ1n) is 6.48. The number of rotatable bonds is 5. The van der Waals surface area contributed by atoms with E-state index in [-0.39, 0.29) is 5.84 Å².